The lowest BCUT2D eigenvalue weighted by Crippen LogP contribution is -2.40. The molecule has 3 rings (SSSR count). The summed E-state index contributed by atoms with van der Waals surface area (Å²) in [5.74, 6) is -2.47. The van der Waals surface area contributed by atoms with Crippen LogP contribution >= 0.6 is 0 Å². The van der Waals surface area contributed by atoms with Gasteiger partial charge in [-0.15, -0.1) is 0 Å². The molecule has 0 saturated heterocycles. The molecule has 2 unspecified atom stereocenters. The summed E-state index contributed by atoms with van der Waals surface area (Å²) in [5, 5.41) is 10.4. The maximum atomic E-state index is 13.0. The maximum Gasteiger partial charge on any atom is 0.425 e. The van der Waals surface area contributed by atoms with Gasteiger partial charge in [0.05, 0.1) is 5.92 Å². The van der Waals surface area contributed by atoms with Gasteiger partial charge in [0, 0.05) is 17.4 Å². The van der Waals surface area contributed by atoms with Crippen molar-refractivity contribution < 1.29 is 27.8 Å². The van der Waals surface area contributed by atoms with Crippen LogP contribution in [0.25, 0.3) is 10.8 Å². The zero-order valence-corrected chi connectivity index (χ0v) is 10.7. The molecule has 1 N–H and O–H groups in total. The number of rotatable bonds is 1. The van der Waals surface area contributed by atoms with Crippen LogP contribution in [-0.2, 0) is 4.79 Å². The Bertz CT molecular complexity index is 709. The predicted octanol–water partition coefficient (Wildman–Crippen LogP) is 3.72. The van der Waals surface area contributed by atoms with Crippen molar-refractivity contribution in [1.82, 2.24) is 0 Å². The van der Waals surface area contributed by atoms with E-state index in [-0.39, 0.29) is 5.75 Å². The van der Waals surface area contributed by atoms with Crippen LogP contribution in [0.3, 0.4) is 0 Å². The zero-order valence-electron chi connectivity index (χ0n) is 10.7. The van der Waals surface area contributed by atoms with Gasteiger partial charge in [0.1, 0.15) is 5.75 Å². The second-order valence-corrected chi connectivity index (χ2v) is 4.98. The topological polar surface area (TPSA) is 46.5 Å². The van der Waals surface area contributed by atoms with E-state index in [4.69, 9.17) is 4.74 Å². The molecule has 1 aliphatic rings. The van der Waals surface area contributed by atoms with Gasteiger partial charge in [-0.05, 0) is 5.39 Å². The number of carboxylic acid groups (broad SMARTS) is 1. The molecule has 0 aromatic heterocycles. The molecule has 1 heterocycles. The van der Waals surface area contributed by atoms with Crippen molar-refractivity contribution in [3.05, 3.63) is 42.0 Å². The van der Waals surface area contributed by atoms with Crippen LogP contribution in [0, 0.1) is 0 Å². The minimum Gasteiger partial charge on any atom is -0.481 e. The molecule has 0 fully saturated rings. The number of carboxylic acids is 1. The third-order valence-corrected chi connectivity index (χ3v) is 3.66. The number of fused-ring (bicyclic) bond motifs is 3. The van der Waals surface area contributed by atoms with Crippen molar-refractivity contribution >= 4 is 16.7 Å². The predicted molar refractivity (Wildman–Crippen MR) is 69.4 cm³/mol. The van der Waals surface area contributed by atoms with Gasteiger partial charge in [-0.3, -0.25) is 4.79 Å². The number of halogens is 3. The molecule has 0 aliphatic carbocycles. The highest BCUT2D eigenvalue weighted by Crippen LogP contribution is 2.44. The van der Waals surface area contributed by atoms with Crippen LogP contribution in [0.2, 0.25) is 0 Å². The Hall–Kier alpha value is -2.24. The Labute approximate surface area is 117 Å². The van der Waals surface area contributed by atoms with E-state index < -0.39 is 30.6 Å². The van der Waals surface area contributed by atoms with Crippen molar-refractivity contribution in [2.24, 2.45) is 0 Å². The molecule has 1 aliphatic heterocycles. The van der Waals surface area contributed by atoms with Gasteiger partial charge in [-0.1, -0.05) is 36.4 Å². The van der Waals surface area contributed by atoms with E-state index in [1.807, 2.05) is 0 Å². The minimum absolute atomic E-state index is 0.0223. The standard InChI is InChI=1S/C15H11F3O3/c16-15(17,18)12-7-11(14(19)20)10-6-5-8-3-1-2-4-9(8)13(10)21-12/h1-6,11-12H,7H2,(H,19,20). The molecule has 21 heavy (non-hydrogen) atoms. The number of carbonyl (C=O) groups is 1. The number of hydrogen-bond acceptors (Lipinski definition) is 2. The summed E-state index contributed by atoms with van der Waals surface area (Å²) in [7, 11) is 0. The van der Waals surface area contributed by atoms with Crippen molar-refractivity contribution in [1.29, 1.82) is 0 Å². The van der Waals surface area contributed by atoms with E-state index in [0.29, 0.717) is 16.3 Å². The van der Waals surface area contributed by atoms with Gasteiger partial charge in [0.2, 0.25) is 0 Å². The van der Waals surface area contributed by atoms with Gasteiger partial charge in [-0.2, -0.15) is 13.2 Å². The summed E-state index contributed by atoms with van der Waals surface area (Å²) in [6.07, 6.45) is -7.30. The lowest BCUT2D eigenvalue weighted by atomic mass is 9.87. The van der Waals surface area contributed by atoms with Crippen LogP contribution in [0.15, 0.2) is 36.4 Å². The monoisotopic (exact) mass is 296 g/mol. The van der Waals surface area contributed by atoms with Gasteiger partial charge in [0.15, 0.2) is 6.10 Å². The Morgan fingerprint density at radius 1 is 1.19 bits per heavy atom. The molecule has 0 amide bonds. The second-order valence-electron chi connectivity index (χ2n) is 4.98. The molecule has 0 saturated carbocycles. The highest BCUT2D eigenvalue weighted by Gasteiger charge is 2.48. The van der Waals surface area contributed by atoms with Crippen LogP contribution in [0.5, 0.6) is 5.75 Å². The fourth-order valence-corrected chi connectivity index (χ4v) is 2.63. The molecule has 0 spiro atoms. The average molecular weight is 296 g/mol. The van der Waals surface area contributed by atoms with Crippen molar-refractivity contribution in [2.45, 2.75) is 24.6 Å². The van der Waals surface area contributed by atoms with Crippen LogP contribution < -0.4 is 4.74 Å². The SMILES string of the molecule is O=C(O)C1CC(C(F)(F)F)Oc2c1ccc1ccccc21. The molecule has 2 aromatic rings. The van der Waals surface area contributed by atoms with Gasteiger partial charge < -0.3 is 9.84 Å². The first-order chi connectivity index (χ1) is 9.88. The lowest BCUT2D eigenvalue weighted by molar-refractivity contribution is -0.201. The molecular formula is C15H11F3O3. The highest BCUT2D eigenvalue weighted by atomic mass is 19.4. The minimum atomic E-state index is -4.59. The summed E-state index contributed by atoms with van der Waals surface area (Å²) in [5.41, 5.74) is 0.293. The van der Waals surface area contributed by atoms with Gasteiger partial charge >= 0.3 is 12.1 Å². The second kappa shape index (κ2) is 4.65. The van der Waals surface area contributed by atoms with Crippen LogP contribution in [-0.4, -0.2) is 23.4 Å². The van der Waals surface area contributed by atoms with Crippen LogP contribution in [0.1, 0.15) is 17.9 Å². The van der Waals surface area contributed by atoms with Crippen molar-refractivity contribution in [3.8, 4) is 5.75 Å². The van der Waals surface area contributed by atoms with Gasteiger partial charge in [0.25, 0.3) is 0 Å². The van der Waals surface area contributed by atoms with E-state index in [2.05, 4.69) is 0 Å². The zero-order chi connectivity index (χ0) is 15.2. The summed E-state index contributed by atoms with van der Waals surface area (Å²) in [6.45, 7) is 0. The van der Waals surface area contributed by atoms with E-state index in [0.717, 1.165) is 0 Å². The Balaban J connectivity index is 2.20. The summed E-state index contributed by atoms with van der Waals surface area (Å²) in [4.78, 5) is 11.3. The maximum absolute atomic E-state index is 13.0. The third-order valence-electron chi connectivity index (χ3n) is 3.66. The molecule has 110 valence electrons. The fraction of sp³-hybridized carbons (Fsp3) is 0.267. The number of hydrogen-bond donors (Lipinski definition) is 1. The summed E-state index contributed by atoms with van der Waals surface area (Å²) >= 11 is 0. The van der Waals surface area contributed by atoms with Crippen molar-refractivity contribution in [3.63, 3.8) is 0 Å². The quantitative estimate of drug-likeness (QED) is 0.872. The first-order valence-corrected chi connectivity index (χ1v) is 6.36. The Morgan fingerprint density at radius 3 is 2.57 bits per heavy atom. The normalized spacial score (nSPS) is 21.7. The highest BCUT2D eigenvalue weighted by molar-refractivity contribution is 5.92. The summed E-state index contributed by atoms with van der Waals surface area (Å²) in [6, 6.07) is 10.0. The number of benzene rings is 2. The van der Waals surface area contributed by atoms with E-state index >= 15 is 0 Å². The largest absolute Gasteiger partial charge is 0.481 e. The average Bonchev–Trinajstić information content (AvgIpc) is 2.44. The molecule has 6 heteroatoms. The molecular weight excluding hydrogens is 285 g/mol. The smallest absolute Gasteiger partial charge is 0.425 e. The van der Waals surface area contributed by atoms with Crippen LogP contribution in [0.4, 0.5) is 13.2 Å². The Kier molecular flexibility index (Phi) is 3.04. The number of ether oxygens (including phenoxy) is 1. The molecule has 3 nitrogen and oxygen atoms in total. The fourth-order valence-electron chi connectivity index (χ4n) is 2.63. The third kappa shape index (κ3) is 2.30. The first kappa shape index (κ1) is 13.7. The van der Waals surface area contributed by atoms with E-state index in [1.54, 1.807) is 30.3 Å². The molecule has 2 atom stereocenters. The molecule has 0 radical (unpaired) electrons. The lowest BCUT2D eigenvalue weighted by Gasteiger charge is -2.32. The number of alkyl halides is 3. The Morgan fingerprint density at radius 2 is 1.90 bits per heavy atom. The summed E-state index contributed by atoms with van der Waals surface area (Å²) < 4.78 is 44.0. The molecule has 0 bridgehead atoms. The number of aliphatic carboxylic acids is 1. The van der Waals surface area contributed by atoms with Crippen molar-refractivity contribution in [2.75, 3.05) is 0 Å². The van der Waals surface area contributed by atoms with Gasteiger partial charge in [-0.25, -0.2) is 0 Å². The van der Waals surface area contributed by atoms with E-state index in [9.17, 15) is 23.1 Å². The molecule has 2 aromatic carbocycles. The van der Waals surface area contributed by atoms with E-state index in [1.165, 1.54) is 6.07 Å². The first-order valence-electron chi connectivity index (χ1n) is 6.36.